The Morgan fingerprint density at radius 3 is 2.49 bits per heavy atom. The van der Waals surface area contributed by atoms with Crippen molar-refractivity contribution >= 4 is 62.6 Å². The Bertz CT molecular complexity index is 1310. The first kappa shape index (κ1) is 23.8. The van der Waals surface area contributed by atoms with Crippen LogP contribution in [-0.2, 0) is 19.1 Å². The van der Waals surface area contributed by atoms with E-state index in [4.69, 9.17) is 16.3 Å². The Balaban J connectivity index is 1.21. The van der Waals surface area contributed by atoms with Crippen LogP contribution in [0.1, 0.15) is 29.3 Å². The fourth-order valence-electron chi connectivity index (χ4n) is 5.46. The van der Waals surface area contributed by atoms with Crippen LogP contribution in [0.15, 0.2) is 52.5 Å². The van der Waals surface area contributed by atoms with E-state index in [0.717, 1.165) is 6.42 Å². The number of allylic oxidation sites excluding steroid dienone is 2. The van der Waals surface area contributed by atoms with Crippen LogP contribution in [0.4, 0.5) is 11.4 Å². The maximum atomic E-state index is 13.1. The molecule has 0 unspecified atom stereocenters. The van der Waals surface area contributed by atoms with Crippen LogP contribution in [0.2, 0.25) is 5.02 Å². The highest BCUT2D eigenvalue weighted by Crippen LogP contribution is 2.55. The van der Waals surface area contributed by atoms with Crippen molar-refractivity contribution < 1.29 is 23.9 Å². The highest BCUT2D eigenvalue weighted by atomic mass is 79.9. The SMILES string of the molecule is CC1=C[C@H]2C[C@H]1[C@@H]1C(=O)N(c3ccc(C(=O)OCC(=O)Nc4ccc(Br)c(Cl)c4C)cc3)C(=O)[C@H]12. The number of benzene rings is 2. The summed E-state index contributed by atoms with van der Waals surface area (Å²) in [5.74, 6) is -1.84. The van der Waals surface area contributed by atoms with Crippen LogP contribution in [-0.4, -0.2) is 30.3 Å². The van der Waals surface area contributed by atoms with Crippen LogP contribution in [0, 0.1) is 30.6 Å². The van der Waals surface area contributed by atoms with Crippen LogP contribution >= 0.6 is 27.5 Å². The van der Waals surface area contributed by atoms with Crippen molar-refractivity contribution in [3.05, 3.63) is 68.7 Å². The second-order valence-corrected chi connectivity index (χ2v) is 10.4. The Morgan fingerprint density at radius 1 is 1.09 bits per heavy atom. The summed E-state index contributed by atoms with van der Waals surface area (Å²) in [6.07, 6.45) is 3.00. The first-order valence-electron chi connectivity index (χ1n) is 11.2. The summed E-state index contributed by atoms with van der Waals surface area (Å²) in [7, 11) is 0. The van der Waals surface area contributed by atoms with Crippen LogP contribution in [0.5, 0.6) is 0 Å². The van der Waals surface area contributed by atoms with Gasteiger partial charge in [0.1, 0.15) is 0 Å². The van der Waals surface area contributed by atoms with Gasteiger partial charge in [0.2, 0.25) is 11.8 Å². The number of halogens is 2. The van der Waals surface area contributed by atoms with Crippen molar-refractivity contribution in [2.24, 2.45) is 23.7 Å². The molecule has 4 atom stereocenters. The Kier molecular flexibility index (Phi) is 6.05. The molecule has 1 aliphatic heterocycles. The van der Waals surface area contributed by atoms with Gasteiger partial charge in [-0.2, -0.15) is 0 Å². The highest BCUT2D eigenvalue weighted by Gasteiger charge is 2.60. The minimum Gasteiger partial charge on any atom is -0.452 e. The van der Waals surface area contributed by atoms with Crippen LogP contribution < -0.4 is 10.2 Å². The molecular formula is C26H22BrClN2O5. The average molecular weight is 558 g/mol. The molecule has 0 radical (unpaired) electrons. The number of ether oxygens (including phenoxy) is 1. The number of amides is 3. The number of rotatable bonds is 5. The fraction of sp³-hybridized carbons (Fsp3) is 0.308. The molecule has 35 heavy (non-hydrogen) atoms. The molecule has 2 fully saturated rings. The molecule has 1 N–H and O–H groups in total. The first-order chi connectivity index (χ1) is 16.7. The summed E-state index contributed by atoms with van der Waals surface area (Å²) in [6.45, 7) is 3.31. The van der Waals surface area contributed by atoms with E-state index in [9.17, 15) is 19.2 Å². The molecule has 2 aliphatic carbocycles. The third kappa shape index (κ3) is 3.98. The Hall–Kier alpha value is -2.97. The van der Waals surface area contributed by atoms with Gasteiger partial charge in [-0.3, -0.25) is 19.3 Å². The summed E-state index contributed by atoms with van der Waals surface area (Å²) in [5.41, 5.74) is 3.04. The van der Waals surface area contributed by atoms with Gasteiger partial charge >= 0.3 is 5.97 Å². The second kappa shape index (κ2) is 8.91. The van der Waals surface area contributed by atoms with E-state index in [1.807, 2.05) is 6.92 Å². The molecule has 1 saturated carbocycles. The third-order valence-electron chi connectivity index (χ3n) is 7.19. The lowest BCUT2D eigenvalue weighted by atomic mass is 9.82. The van der Waals surface area contributed by atoms with E-state index in [0.29, 0.717) is 26.4 Å². The topological polar surface area (TPSA) is 92.8 Å². The standard InChI is InChI=1S/C26H22BrClN2O5/c1-12-9-15-10-17(12)22-21(15)24(32)30(25(22)33)16-5-3-14(4-6-16)26(34)35-11-20(31)29-19-8-7-18(27)23(28)13(19)2/h3-9,15,17,21-22H,10-11H2,1-2H3,(H,29,31)/t15-,17+,21-,22-/m0/s1. The van der Waals surface area contributed by atoms with Gasteiger partial charge in [-0.05, 0) is 90.0 Å². The normalized spacial score (nSPS) is 24.5. The van der Waals surface area contributed by atoms with Gasteiger partial charge in [0.25, 0.3) is 5.91 Å². The number of nitrogens with zero attached hydrogens (tertiary/aromatic N) is 1. The molecule has 5 rings (SSSR count). The molecule has 7 nitrogen and oxygen atoms in total. The predicted octanol–water partition coefficient (Wildman–Crippen LogP) is 4.91. The minimum atomic E-state index is -0.689. The summed E-state index contributed by atoms with van der Waals surface area (Å²) in [4.78, 5) is 52.0. The monoisotopic (exact) mass is 556 g/mol. The van der Waals surface area contributed by atoms with E-state index in [2.05, 4.69) is 27.3 Å². The molecule has 0 aromatic heterocycles. The van der Waals surface area contributed by atoms with Crippen LogP contribution in [0.25, 0.3) is 0 Å². The molecule has 1 saturated heterocycles. The molecule has 2 bridgehead atoms. The second-order valence-electron chi connectivity index (χ2n) is 9.19. The molecule has 1 heterocycles. The summed E-state index contributed by atoms with van der Waals surface area (Å²) in [6, 6.07) is 9.50. The first-order valence-corrected chi connectivity index (χ1v) is 12.4. The molecule has 180 valence electrons. The smallest absolute Gasteiger partial charge is 0.338 e. The number of anilines is 2. The van der Waals surface area contributed by atoms with Gasteiger partial charge < -0.3 is 10.1 Å². The number of hydrogen-bond donors (Lipinski definition) is 1. The zero-order valence-corrected chi connectivity index (χ0v) is 21.4. The van der Waals surface area contributed by atoms with Gasteiger partial charge in [0.15, 0.2) is 6.61 Å². The van der Waals surface area contributed by atoms with E-state index in [-0.39, 0.29) is 41.0 Å². The van der Waals surface area contributed by atoms with Crippen molar-refractivity contribution in [1.29, 1.82) is 0 Å². The van der Waals surface area contributed by atoms with Crippen molar-refractivity contribution in [2.45, 2.75) is 20.3 Å². The predicted molar refractivity (Wildman–Crippen MR) is 134 cm³/mol. The number of esters is 1. The van der Waals surface area contributed by atoms with Gasteiger partial charge in [-0.15, -0.1) is 0 Å². The summed E-state index contributed by atoms with van der Waals surface area (Å²) in [5, 5.41) is 3.15. The zero-order chi connectivity index (χ0) is 25.0. The highest BCUT2D eigenvalue weighted by molar-refractivity contribution is 9.10. The Labute approximate surface area is 215 Å². The van der Waals surface area contributed by atoms with Gasteiger partial charge in [0, 0.05) is 10.2 Å². The molecule has 3 aliphatic rings. The number of fused-ring (bicyclic) bond motifs is 5. The molecular weight excluding hydrogens is 536 g/mol. The van der Waals surface area contributed by atoms with Gasteiger partial charge in [-0.1, -0.05) is 23.3 Å². The lowest BCUT2D eigenvalue weighted by Crippen LogP contribution is -2.33. The summed E-state index contributed by atoms with van der Waals surface area (Å²) >= 11 is 9.49. The quantitative estimate of drug-likeness (QED) is 0.320. The number of hydrogen-bond acceptors (Lipinski definition) is 5. The largest absolute Gasteiger partial charge is 0.452 e. The average Bonchev–Trinajstić information content (AvgIpc) is 3.48. The van der Waals surface area contributed by atoms with Crippen LogP contribution in [0.3, 0.4) is 0 Å². The zero-order valence-electron chi connectivity index (χ0n) is 19.0. The number of nitrogens with one attached hydrogen (secondary N) is 1. The Morgan fingerprint density at radius 2 is 1.77 bits per heavy atom. The van der Waals surface area contributed by atoms with E-state index >= 15 is 0 Å². The molecule has 2 aromatic rings. The van der Waals surface area contributed by atoms with E-state index < -0.39 is 18.5 Å². The third-order valence-corrected chi connectivity index (χ3v) is 8.57. The van der Waals surface area contributed by atoms with Gasteiger partial charge in [-0.25, -0.2) is 4.79 Å². The molecule has 3 amide bonds. The van der Waals surface area contributed by atoms with E-state index in [1.165, 1.54) is 22.6 Å². The van der Waals surface area contributed by atoms with Gasteiger partial charge in [0.05, 0.1) is 28.1 Å². The van der Waals surface area contributed by atoms with Crippen molar-refractivity contribution in [3.63, 3.8) is 0 Å². The van der Waals surface area contributed by atoms with Crippen molar-refractivity contribution in [3.8, 4) is 0 Å². The maximum Gasteiger partial charge on any atom is 0.338 e. The molecule has 2 aromatic carbocycles. The number of carbonyl (C=O) groups excluding carboxylic acids is 4. The lowest BCUT2D eigenvalue weighted by Gasteiger charge is -2.19. The maximum absolute atomic E-state index is 13.1. The fourth-order valence-corrected chi connectivity index (χ4v) is 6.06. The van der Waals surface area contributed by atoms with Crippen molar-refractivity contribution in [1.82, 2.24) is 0 Å². The lowest BCUT2D eigenvalue weighted by molar-refractivity contribution is -0.123. The number of imide groups is 1. The van der Waals surface area contributed by atoms with Crippen molar-refractivity contribution in [2.75, 3.05) is 16.8 Å². The summed E-state index contributed by atoms with van der Waals surface area (Å²) < 4.78 is 5.84. The minimum absolute atomic E-state index is 0.129. The molecule has 0 spiro atoms. The van der Waals surface area contributed by atoms with E-state index in [1.54, 1.807) is 31.2 Å². The molecule has 9 heteroatoms. The number of carbonyl (C=O) groups is 4.